The molecule has 3 aliphatic heterocycles. The van der Waals surface area contributed by atoms with Gasteiger partial charge < -0.3 is 15.0 Å². The Kier molecular flexibility index (Phi) is 5.03. The zero-order chi connectivity index (χ0) is 14.7. The topological polar surface area (TPSA) is 61.9 Å². The summed E-state index contributed by atoms with van der Waals surface area (Å²) in [5.74, 6) is 2.21. The largest absolute Gasteiger partial charge is 0.366 e. The van der Waals surface area contributed by atoms with E-state index < -0.39 is 6.10 Å². The lowest BCUT2D eigenvalue weighted by atomic mass is 10.0. The second-order valence-electron chi connectivity index (χ2n) is 5.74. The molecule has 2 amide bonds. The number of nitrogens with one attached hydrogen (secondary N) is 1. The minimum Gasteiger partial charge on any atom is -0.366 e. The van der Waals surface area contributed by atoms with E-state index in [4.69, 9.17) is 4.74 Å². The van der Waals surface area contributed by atoms with E-state index in [2.05, 4.69) is 10.2 Å². The molecular formula is C14H23N3O3S. The summed E-state index contributed by atoms with van der Waals surface area (Å²) in [7, 11) is 0. The molecule has 2 unspecified atom stereocenters. The Morgan fingerprint density at radius 3 is 2.86 bits per heavy atom. The summed E-state index contributed by atoms with van der Waals surface area (Å²) in [6.45, 7) is 4.20. The van der Waals surface area contributed by atoms with Crippen LogP contribution in [0.15, 0.2) is 0 Å². The summed E-state index contributed by atoms with van der Waals surface area (Å²) in [6.07, 6.45) is 1.49. The van der Waals surface area contributed by atoms with E-state index in [0.717, 1.165) is 50.5 Å². The van der Waals surface area contributed by atoms with E-state index in [1.54, 1.807) is 0 Å². The zero-order valence-electron chi connectivity index (χ0n) is 12.3. The van der Waals surface area contributed by atoms with Crippen LogP contribution in [0.5, 0.6) is 0 Å². The van der Waals surface area contributed by atoms with Gasteiger partial charge in [-0.15, -0.1) is 0 Å². The first-order chi connectivity index (χ1) is 10.3. The lowest BCUT2D eigenvalue weighted by Gasteiger charge is -2.40. The Morgan fingerprint density at radius 2 is 2.10 bits per heavy atom. The number of thioether (sulfide) groups is 1. The van der Waals surface area contributed by atoms with Crippen molar-refractivity contribution in [3.8, 4) is 0 Å². The maximum Gasteiger partial charge on any atom is 0.253 e. The fraction of sp³-hybridized carbons (Fsp3) is 0.857. The number of rotatable bonds is 2. The van der Waals surface area contributed by atoms with Crippen molar-refractivity contribution in [3.05, 3.63) is 0 Å². The molecule has 0 radical (unpaired) electrons. The first kappa shape index (κ1) is 15.1. The highest BCUT2D eigenvalue weighted by molar-refractivity contribution is 7.99. The fourth-order valence-electron chi connectivity index (χ4n) is 3.19. The minimum atomic E-state index is -0.406. The van der Waals surface area contributed by atoms with Crippen molar-refractivity contribution in [2.24, 2.45) is 0 Å². The quantitative estimate of drug-likeness (QED) is 0.748. The summed E-state index contributed by atoms with van der Waals surface area (Å²) in [6, 6.07) is -0.0881. The van der Waals surface area contributed by atoms with E-state index in [-0.39, 0.29) is 17.9 Å². The lowest BCUT2D eigenvalue weighted by Crippen LogP contribution is -2.58. The monoisotopic (exact) mass is 313 g/mol. The van der Waals surface area contributed by atoms with Crippen LogP contribution in [0.25, 0.3) is 0 Å². The van der Waals surface area contributed by atoms with Crippen LogP contribution in [-0.2, 0) is 14.3 Å². The number of carbonyl (C=O) groups excluding carboxylic acids is 2. The Hall–Kier alpha value is -0.790. The number of piperidine rings is 1. The van der Waals surface area contributed by atoms with Crippen LogP contribution in [0.4, 0.5) is 0 Å². The fourth-order valence-corrected chi connectivity index (χ4v) is 4.10. The van der Waals surface area contributed by atoms with Crippen LogP contribution < -0.4 is 5.32 Å². The third kappa shape index (κ3) is 3.52. The lowest BCUT2D eigenvalue weighted by molar-refractivity contribution is -0.153. The Bertz CT molecular complexity index is 401. The molecule has 0 aromatic heterocycles. The van der Waals surface area contributed by atoms with Crippen LogP contribution in [-0.4, -0.2) is 84.6 Å². The third-order valence-electron chi connectivity index (χ3n) is 4.39. The Labute approximate surface area is 129 Å². The predicted octanol–water partition coefficient (Wildman–Crippen LogP) is -0.459. The van der Waals surface area contributed by atoms with Gasteiger partial charge in [-0.25, -0.2) is 0 Å². The van der Waals surface area contributed by atoms with Gasteiger partial charge >= 0.3 is 0 Å². The average Bonchev–Trinajstić information content (AvgIpc) is 2.55. The number of amides is 2. The van der Waals surface area contributed by atoms with Gasteiger partial charge in [0.05, 0.1) is 12.6 Å². The Balaban J connectivity index is 1.59. The van der Waals surface area contributed by atoms with Crippen molar-refractivity contribution in [2.75, 3.05) is 50.8 Å². The first-order valence-electron chi connectivity index (χ1n) is 7.75. The summed E-state index contributed by atoms with van der Waals surface area (Å²) in [5, 5.41) is 2.92. The van der Waals surface area contributed by atoms with E-state index in [9.17, 15) is 9.59 Å². The molecule has 3 rings (SSSR count). The van der Waals surface area contributed by atoms with Crippen LogP contribution >= 0.6 is 11.8 Å². The molecule has 21 heavy (non-hydrogen) atoms. The summed E-state index contributed by atoms with van der Waals surface area (Å²) < 4.78 is 5.68. The maximum absolute atomic E-state index is 12.5. The van der Waals surface area contributed by atoms with Crippen LogP contribution in [0, 0.1) is 0 Å². The smallest absolute Gasteiger partial charge is 0.253 e. The van der Waals surface area contributed by atoms with E-state index in [0.29, 0.717) is 13.2 Å². The SMILES string of the molecule is O=C1NCCCC1N1CCOC(C(=O)N2CCSCC2)C1. The number of carbonyl (C=O) groups is 2. The number of hydrogen-bond acceptors (Lipinski definition) is 5. The molecule has 3 heterocycles. The van der Waals surface area contributed by atoms with Gasteiger partial charge in [0, 0.05) is 44.2 Å². The molecule has 0 saturated carbocycles. The molecule has 7 heteroatoms. The number of hydrogen-bond donors (Lipinski definition) is 1. The van der Waals surface area contributed by atoms with Gasteiger partial charge in [-0.2, -0.15) is 11.8 Å². The molecule has 1 N–H and O–H groups in total. The highest BCUT2D eigenvalue weighted by Gasteiger charge is 2.36. The molecule has 0 spiro atoms. The second kappa shape index (κ2) is 6.98. The van der Waals surface area contributed by atoms with E-state index in [1.807, 2.05) is 16.7 Å². The first-order valence-corrected chi connectivity index (χ1v) is 8.91. The molecule has 3 saturated heterocycles. The predicted molar refractivity (Wildman–Crippen MR) is 81.2 cm³/mol. The van der Waals surface area contributed by atoms with Gasteiger partial charge in [0.25, 0.3) is 5.91 Å². The number of ether oxygens (including phenoxy) is 1. The molecule has 0 aromatic rings. The highest BCUT2D eigenvalue weighted by Crippen LogP contribution is 2.18. The van der Waals surface area contributed by atoms with Gasteiger partial charge in [-0.05, 0) is 12.8 Å². The number of nitrogens with zero attached hydrogens (tertiary/aromatic N) is 2. The van der Waals surface area contributed by atoms with Gasteiger partial charge in [-0.3, -0.25) is 14.5 Å². The maximum atomic E-state index is 12.5. The summed E-state index contributed by atoms with van der Waals surface area (Å²) in [4.78, 5) is 28.5. The van der Waals surface area contributed by atoms with Crippen molar-refractivity contribution in [1.29, 1.82) is 0 Å². The van der Waals surface area contributed by atoms with Gasteiger partial charge in [0.15, 0.2) is 0 Å². The molecule has 3 fully saturated rings. The summed E-state index contributed by atoms with van der Waals surface area (Å²) >= 11 is 1.89. The highest BCUT2D eigenvalue weighted by atomic mass is 32.2. The van der Waals surface area contributed by atoms with Gasteiger partial charge in [0.2, 0.25) is 5.91 Å². The standard InChI is InChI=1S/C14H23N3O3S/c18-13-11(2-1-3-15-13)17-4-7-20-12(10-17)14(19)16-5-8-21-9-6-16/h11-12H,1-10H2,(H,15,18). The number of morpholine rings is 1. The molecular weight excluding hydrogens is 290 g/mol. The van der Waals surface area contributed by atoms with Crippen LogP contribution in [0.2, 0.25) is 0 Å². The molecule has 0 bridgehead atoms. The van der Waals surface area contributed by atoms with Crippen molar-refractivity contribution in [3.63, 3.8) is 0 Å². The molecule has 3 aliphatic rings. The molecule has 6 nitrogen and oxygen atoms in total. The second-order valence-corrected chi connectivity index (χ2v) is 6.97. The molecule has 0 aromatic carbocycles. The normalized spacial score (nSPS) is 31.8. The third-order valence-corrected chi connectivity index (χ3v) is 5.34. The van der Waals surface area contributed by atoms with Crippen molar-refractivity contribution < 1.29 is 14.3 Å². The Morgan fingerprint density at radius 1 is 1.29 bits per heavy atom. The summed E-state index contributed by atoms with van der Waals surface area (Å²) in [5.41, 5.74) is 0. The average molecular weight is 313 g/mol. The van der Waals surface area contributed by atoms with Crippen LogP contribution in [0.1, 0.15) is 12.8 Å². The van der Waals surface area contributed by atoms with Gasteiger partial charge in [-0.1, -0.05) is 0 Å². The van der Waals surface area contributed by atoms with Crippen molar-refractivity contribution in [2.45, 2.75) is 25.0 Å². The molecule has 118 valence electrons. The molecule has 2 atom stereocenters. The van der Waals surface area contributed by atoms with Crippen LogP contribution in [0.3, 0.4) is 0 Å². The molecule has 0 aliphatic carbocycles. The van der Waals surface area contributed by atoms with E-state index in [1.165, 1.54) is 0 Å². The van der Waals surface area contributed by atoms with Crippen molar-refractivity contribution >= 4 is 23.6 Å². The minimum absolute atomic E-state index is 0.0881. The zero-order valence-corrected chi connectivity index (χ0v) is 13.1. The van der Waals surface area contributed by atoms with Gasteiger partial charge in [0.1, 0.15) is 6.10 Å². The van der Waals surface area contributed by atoms with E-state index >= 15 is 0 Å². The van der Waals surface area contributed by atoms with Crippen molar-refractivity contribution in [1.82, 2.24) is 15.1 Å².